The fraction of sp³-hybridized carbons (Fsp3) is 0.364. The average molecular weight is 398 g/mol. The van der Waals surface area contributed by atoms with Crippen molar-refractivity contribution in [2.45, 2.75) is 25.2 Å². The number of benzene rings is 2. The molecule has 0 aromatic heterocycles. The number of rotatable bonds is 7. The zero-order valence-corrected chi connectivity index (χ0v) is 17.6. The Kier molecular flexibility index (Phi) is 5.64. The minimum atomic E-state index is -1.47. The molecule has 1 aliphatic rings. The second-order valence-corrected chi connectivity index (χ2v) is 6.83. The van der Waals surface area contributed by atoms with Gasteiger partial charge in [-0.2, -0.15) is 0 Å². The van der Waals surface area contributed by atoms with Crippen LogP contribution in [0.3, 0.4) is 0 Å². The summed E-state index contributed by atoms with van der Waals surface area (Å²) in [5.41, 5.74) is 1.15. The van der Waals surface area contributed by atoms with E-state index < -0.39 is 11.3 Å². The first-order valence-corrected chi connectivity index (χ1v) is 9.16. The van der Waals surface area contributed by atoms with Crippen LogP contribution in [-0.2, 0) is 14.3 Å². The number of aliphatic imine (C=N–C) groups is 1. The molecule has 1 aliphatic heterocycles. The SMILES string of the molecule is COc1ccc(N=C(C)C2(C)N(c3ccc(OC)cc3)C(=O)C2(OC)OC)cc1. The average Bonchev–Trinajstić information content (AvgIpc) is 2.75. The monoisotopic (exact) mass is 398 g/mol. The third-order valence-electron chi connectivity index (χ3n) is 5.55. The Morgan fingerprint density at radius 2 is 1.34 bits per heavy atom. The Bertz CT molecular complexity index is 904. The zero-order valence-electron chi connectivity index (χ0n) is 17.6. The van der Waals surface area contributed by atoms with Gasteiger partial charge in [0.05, 0.1) is 19.9 Å². The quantitative estimate of drug-likeness (QED) is 0.405. The number of methoxy groups -OCH3 is 4. The van der Waals surface area contributed by atoms with E-state index in [1.807, 2.05) is 50.2 Å². The van der Waals surface area contributed by atoms with E-state index in [4.69, 9.17) is 23.9 Å². The number of ether oxygens (including phenoxy) is 4. The van der Waals surface area contributed by atoms with Crippen molar-refractivity contribution in [2.24, 2.45) is 4.99 Å². The molecule has 1 heterocycles. The molecule has 0 bridgehead atoms. The summed E-state index contributed by atoms with van der Waals surface area (Å²) >= 11 is 0. The summed E-state index contributed by atoms with van der Waals surface area (Å²) in [6.07, 6.45) is 0. The third-order valence-corrected chi connectivity index (χ3v) is 5.55. The standard InChI is InChI=1S/C22H26N2O5/c1-15(23-16-7-11-18(26-3)12-8-16)21(2)22(28-5,29-6)20(25)24(21)17-9-13-19(27-4)14-10-17/h7-14H,1-6H3. The highest BCUT2D eigenvalue weighted by atomic mass is 16.7. The second kappa shape index (κ2) is 7.85. The molecule has 2 aromatic rings. The highest BCUT2D eigenvalue weighted by Gasteiger charge is 2.73. The largest absolute Gasteiger partial charge is 0.497 e. The van der Waals surface area contributed by atoms with Crippen LogP contribution in [0.15, 0.2) is 53.5 Å². The van der Waals surface area contributed by atoms with Gasteiger partial charge in [-0.05, 0) is 62.4 Å². The fourth-order valence-corrected chi connectivity index (χ4v) is 3.77. The number of β-lactam (4-membered cyclic amide) rings is 1. The van der Waals surface area contributed by atoms with Gasteiger partial charge in [0, 0.05) is 25.6 Å². The summed E-state index contributed by atoms with van der Waals surface area (Å²) in [6, 6.07) is 14.6. The lowest BCUT2D eigenvalue weighted by Gasteiger charge is -2.60. The van der Waals surface area contributed by atoms with Crippen LogP contribution in [0, 0.1) is 0 Å². The molecule has 0 saturated carbocycles. The maximum Gasteiger partial charge on any atom is 0.291 e. The van der Waals surface area contributed by atoms with E-state index in [1.165, 1.54) is 14.2 Å². The molecule has 7 heteroatoms. The highest BCUT2D eigenvalue weighted by Crippen LogP contribution is 2.48. The molecular weight excluding hydrogens is 372 g/mol. The van der Waals surface area contributed by atoms with Gasteiger partial charge < -0.3 is 18.9 Å². The predicted octanol–water partition coefficient (Wildman–Crippen LogP) is 3.59. The summed E-state index contributed by atoms with van der Waals surface area (Å²) in [6.45, 7) is 3.74. The lowest BCUT2D eigenvalue weighted by Crippen LogP contribution is -2.85. The molecular formula is C22H26N2O5. The molecule has 1 amide bonds. The Labute approximate surface area is 170 Å². The summed E-state index contributed by atoms with van der Waals surface area (Å²) < 4.78 is 21.6. The second-order valence-electron chi connectivity index (χ2n) is 6.83. The van der Waals surface area contributed by atoms with E-state index >= 15 is 0 Å². The Balaban J connectivity index is 2.06. The zero-order chi connectivity index (χ0) is 21.2. The minimum Gasteiger partial charge on any atom is -0.497 e. The summed E-state index contributed by atoms with van der Waals surface area (Å²) in [5, 5.41) is 0. The molecule has 0 N–H and O–H groups in total. The van der Waals surface area contributed by atoms with E-state index in [1.54, 1.807) is 31.3 Å². The van der Waals surface area contributed by atoms with Crippen LogP contribution in [0.4, 0.5) is 11.4 Å². The van der Waals surface area contributed by atoms with Crippen molar-refractivity contribution in [2.75, 3.05) is 33.3 Å². The van der Waals surface area contributed by atoms with E-state index in [0.29, 0.717) is 17.1 Å². The topological polar surface area (TPSA) is 69.6 Å². The van der Waals surface area contributed by atoms with Crippen LogP contribution in [0.2, 0.25) is 0 Å². The van der Waals surface area contributed by atoms with Crippen LogP contribution < -0.4 is 14.4 Å². The van der Waals surface area contributed by atoms with Crippen molar-refractivity contribution in [3.05, 3.63) is 48.5 Å². The molecule has 2 aromatic carbocycles. The van der Waals surface area contributed by atoms with Crippen molar-refractivity contribution in [3.63, 3.8) is 0 Å². The molecule has 0 aliphatic carbocycles. The number of hydrogen-bond donors (Lipinski definition) is 0. The lowest BCUT2D eigenvalue weighted by atomic mass is 9.74. The smallest absolute Gasteiger partial charge is 0.291 e. The molecule has 1 atom stereocenters. The van der Waals surface area contributed by atoms with Crippen molar-refractivity contribution in [3.8, 4) is 11.5 Å². The first kappa shape index (κ1) is 20.8. The van der Waals surface area contributed by atoms with Crippen LogP contribution >= 0.6 is 0 Å². The fourth-order valence-electron chi connectivity index (χ4n) is 3.77. The van der Waals surface area contributed by atoms with E-state index in [-0.39, 0.29) is 5.91 Å². The highest BCUT2D eigenvalue weighted by molar-refractivity contribution is 6.20. The summed E-state index contributed by atoms with van der Waals surface area (Å²) in [7, 11) is 6.14. The van der Waals surface area contributed by atoms with Crippen molar-refractivity contribution in [1.82, 2.24) is 0 Å². The molecule has 0 radical (unpaired) electrons. The van der Waals surface area contributed by atoms with Gasteiger partial charge in [0.15, 0.2) is 0 Å². The Morgan fingerprint density at radius 3 is 1.79 bits per heavy atom. The maximum atomic E-state index is 13.1. The molecule has 0 spiro atoms. The minimum absolute atomic E-state index is 0.292. The van der Waals surface area contributed by atoms with Gasteiger partial charge in [-0.25, -0.2) is 0 Å². The van der Waals surface area contributed by atoms with Gasteiger partial charge in [0.2, 0.25) is 0 Å². The maximum absolute atomic E-state index is 13.1. The van der Waals surface area contributed by atoms with Crippen LogP contribution in [0.5, 0.6) is 11.5 Å². The molecule has 1 fully saturated rings. The third kappa shape index (κ3) is 3.07. The molecule has 154 valence electrons. The van der Waals surface area contributed by atoms with Crippen LogP contribution in [0.1, 0.15) is 13.8 Å². The molecule has 7 nitrogen and oxygen atoms in total. The molecule has 29 heavy (non-hydrogen) atoms. The van der Waals surface area contributed by atoms with E-state index in [0.717, 1.165) is 11.4 Å². The van der Waals surface area contributed by atoms with Gasteiger partial charge in [0.1, 0.15) is 17.0 Å². The van der Waals surface area contributed by atoms with Crippen molar-refractivity contribution < 1.29 is 23.7 Å². The molecule has 1 saturated heterocycles. The Morgan fingerprint density at radius 1 is 0.862 bits per heavy atom. The summed E-state index contributed by atoms with van der Waals surface area (Å²) in [4.78, 5) is 19.5. The number of nitrogens with zero attached hydrogens (tertiary/aromatic N) is 2. The van der Waals surface area contributed by atoms with Crippen molar-refractivity contribution >= 4 is 23.0 Å². The number of carbonyl (C=O) groups is 1. The van der Waals surface area contributed by atoms with Crippen LogP contribution in [-0.4, -0.2) is 51.4 Å². The molecule has 1 unspecified atom stereocenters. The number of carbonyl (C=O) groups excluding carboxylic acids is 1. The van der Waals surface area contributed by atoms with Gasteiger partial charge in [0.25, 0.3) is 11.7 Å². The Hall–Kier alpha value is -2.90. The summed E-state index contributed by atoms with van der Waals surface area (Å²) in [5.74, 6) is -0.307. The lowest BCUT2D eigenvalue weighted by molar-refractivity contribution is -0.247. The van der Waals surface area contributed by atoms with E-state index in [2.05, 4.69) is 0 Å². The van der Waals surface area contributed by atoms with Gasteiger partial charge in [-0.1, -0.05) is 0 Å². The van der Waals surface area contributed by atoms with Crippen LogP contribution in [0.25, 0.3) is 0 Å². The first-order valence-electron chi connectivity index (χ1n) is 9.16. The van der Waals surface area contributed by atoms with E-state index in [9.17, 15) is 4.79 Å². The van der Waals surface area contributed by atoms with Gasteiger partial charge >= 0.3 is 0 Å². The van der Waals surface area contributed by atoms with Gasteiger partial charge in [-0.15, -0.1) is 0 Å². The number of anilines is 1. The van der Waals surface area contributed by atoms with Crippen molar-refractivity contribution in [1.29, 1.82) is 0 Å². The first-order chi connectivity index (χ1) is 13.9. The normalized spacial score (nSPS) is 21.0. The van der Waals surface area contributed by atoms with Gasteiger partial charge in [-0.3, -0.25) is 14.7 Å². The molecule has 3 rings (SSSR count). The number of hydrogen-bond acceptors (Lipinski definition) is 6. The predicted molar refractivity (Wildman–Crippen MR) is 111 cm³/mol. The number of amides is 1.